The summed E-state index contributed by atoms with van der Waals surface area (Å²) in [6, 6.07) is 14.1. The van der Waals surface area contributed by atoms with Gasteiger partial charge in [-0.15, -0.1) is 0 Å². The zero-order valence-corrected chi connectivity index (χ0v) is 14.8. The predicted octanol–water partition coefficient (Wildman–Crippen LogP) is 5.11. The van der Waals surface area contributed by atoms with Gasteiger partial charge in [0.05, 0.1) is 12.1 Å². The number of aromatic nitrogens is 1. The second kappa shape index (κ2) is 7.21. The maximum absolute atomic E-state index is 12.5. The summed E-state index contributed by atoms with van der Waals surface area (Å²) in [4.78, 5) is 28.7. The number of esters is 1. The number of rotatable bonds is 4. The van der Waals surface area contributed by atoms with E-state index in [9.17, 15) is 9.59 Å². The fourth-order valence-corrected chi connectivity index (χ4v) is 3.15. The molecule has 0 saturated carbocycles. The lowest BCUT2D eigenvalue weighted by Gasteiger charge is -2.15. The molecule has 0 saturated heterocycles. The molecule has 25 heavy (non-hydrogen) atoms. The molecular formula is C19H13Cl2NO3. The van der Waals surface area contributed by atoms with Crippen molar-refractivity contribution in [1.82, 2.24) is 4.98 Å². The molecule has 126 valence electrons. The summed E-state index contributed by atoms with van der Waals surface area (Å²) in [5.41, 5.74) is 2.05. The third-order valence-corrected chi connectivity index (χ3v) is 4.20. The minimum absolute atomic E-state index is 0.0176. The second-order valence-corrected chi connectivity index (χ2v) is 5.91. The number of hydrogen-bond donors (Lipinski definition) is 0. The van der Waals surface area contributed by atoms with Crippen LogP contribution < -0.4 is 0 Å². The van der Waals surface area contributed by atoms with E-state index in [0.717, 1.165) is 0 Å². The van der Waals surface area contributed by atoms with Gasteiger partial charge in [0.15, 0.2) is 0 Å². The molecule has 4 nitrogen and oxygen atoms in total. The van der Waals surface area contributed by atoms with Crippen LogP contribution in [0.15, 0.2) is 48.5 Å². The van der Waals surface area contributed by atoms with E-state index in [0.29, 0.717) is 22.0 Å². The van der Waals surface area contributed by atoms with Gasteiger partial charge in [-0.1, -0.05) is 48.0 Å². The third kappa shape index (κ3) is 3.23. The second-order valence-electron chi connectivity index (χ2n) is 5.21. The van der Waals surface area contributed by atoms with Crippen LogP contribution in [0.2, 0.25) is 5.15 Å². The van der Waals surface area contributed by atoms with Crippen LogP contribution in [-0.2, 0) is 4.74 Å². The van der Waals surface area contributed by atoms with Crippen LogP contribution in [0.3, 0.4) is 0 Å². The van der Waals surface area contributed by atoms with Crippen LogP contribution in [0.1, 0.15) is 27.6 Å². The standard InChI is InChI=1S/C19H13Cl2NO3/c1-2-25-19(24)16-14(11-7-4-3-5-8-11)15-12(18(21)23)9-6-10-13(15)22-17(16)20/h3-10H,2H2,1H3. The number of halogens is 2. The fourth-order valence-electron chi connectivity index (χ4n) is 2.73. The van der Waals surface area contributed by atoms with Crippen molar-refractivity contribution in [1.29, 1.82) is 0 Å². The van der Waals surface area contributed by atoms with Gasteiger partial charge < -0.3 is 4.74 Å². The Balaban J connectivity index is 2.50. The molecule has 1 aromatic heterocycles. The number of pyridine rings is 1. The molecule has 0 fully saturated rings. The highest BCUT2D eigenvalue weighted by Gasteiger charge is 2.25. The zero-order valence-electron chi connectivity index (χ0n) is 13.3. The van der Waals surface area contributed by atoms with E-state index >= 15 is 0 Å². The van der Waals surface area contributed by atoms with E-state index in [2.05, 4.69) is 4.98 Å². The summed E-state index contributed by atoms with van der Waals surface area (Å²) in [6.07, 6.45) is 0. The Morgan fingerprint density at radius 2 is 1.80 bits per heavy atom. The van der Waals surface area contributed by atoms with E-state index in [1.54, 1.807) is 25.1 Å². The van der Waals surface area contributed by atoms with Crippen LogP contribution in [0.4, 0.5) is 0 Å². The third-order valence-electron chi connectivity index (χ3n) is 3.72. The highest BCUT2D eigenvalue weighted by molar-refractivity contribution is 6.68. The molecule has 2 aromatic carbocycles. The predicted molar refractivity (Wildman–Crippen MR) is 98.3 cm³/mol. The molecular weight excluding hydrogens is 361 g/mol. The van der Waals surface area contributed by atoms with Crippen molar-refractivity contribution < 1.29 is 14.3 Å². The number of ether oxygens (including phenoxy) is 1. The van der Waals surface area contributed by atoms with Crippen molar-refractivity contribution in [3.63, 3.8) is 0 Å². The van der Waals surface area contributed by atoms with Gasteiger partial charge in [-0.2, -0.15) is 0 Å². The first-order chi connectivity index (χ1) is 12.0. The fraction of sp³-hybridized carbons (Fsp3) is 0.105. The molecule has 0 radical (unpaired) electrons. The van der Waals surface area contributed by atoms with Crippen LogP contribution in [-0.4, -0.2) is 22.8 Å². The lowest BCUT2D eigenvalue weighted by atomic mass is 9.93. The molecule has 3 aromatic rings. The molecule has 1 heterocycles. The van der Waals surface area contributed by atoms with Crippen molar-refractivity contribution >= 4 is 45.3 Å². The van der Waals surface area contributed by atoms with Gasteiger partial charge in [0.25, 0.3) is 5.24 Å². The molecule has 0 unspecified atom stereocenters. The highest BCUT2D eigenvalue weighted by Crippen LogP contribution is 2.37. The maximum Gasteiger partial charge on any atom is 0.341 e. The van der Waals surface area contributed by atoms with Crippen LogP contribution >= 0.6 is 23.2 Å². The molecule has 0 N–H and O–H groups in total. The van der Waals surface area contributed by atoms with Gasteiger partial charge in [0, 0.05) is 16.5 Å². The molecule has 0 atom stereocenters. The number of nitrogens with zero attached hydrogens (tertiary/aromatic N) is 1. The highest BCUT2D eigenvalue weighted by atomic mass is 35.5. The van der Waals surface area contributed by atoms with Crippen LogP contribution in [0, 0.1) is 0 Å². The van der Waals surface area contributed by atoms with Gasteiger partial charge in [-0.05, 0) is 36.2 Å². The molecule has 0 aliphatic carbocycles. The van der Waals surface area contributed by atoms with E-state index in [-0.39, 0.29) is 22.9 Å². The Hall–Kier alpha value is -2.43. The van der Waals surface area contributed by atoms with Gasteiger partial charge in [-0.3, -0.25) is 4.79 Å². The quantitative estimate of drug-likeness (QED) is 0.362. The van der Waals surface area contributed by atoms with Gasteiger partial charge in [0.1, 0.15) is 10.7 Å². The molecule has 0 bridgehead atoms. The number of fused-ring (bicyclic) bond motifs is 1. The zero-order chi connectivity index (χ0) is 18.0. The van der Waals surface area contributed by atoms with Crippen LogP contribution in [0.5, 0.6) is 0 Å². The summed E-state index contributed by atoms with van der Waals surface area (Å²) >= 11 is 12.0. The smallest absolute Gasteiger partial charge is 0.341 e. The lowest BCUT2D eigenvalue weighted by Crippen LogP contribution is -2.10. The Labute approximate surface area is 154 Å². The van der Waals surface area contributed by atoms with Crippen molar-refractivity contribution in [2.75, 3.05) is 6.61 Å². The first-order valence-corrected chi connectivity index (χ1v) is 8.34. The normalized spacial score (nSPS) is 10.7. The van der Waals surface area contributed by atoms with Crippen molar-refractivity contribution in [2.24, 2.45) is 0 Å². The van der Waals surface area contributed by atoms with Crippen molar-refractivity contribution in [3.8, 4) is 11.1 Å². The van der Waals surface area contributed by atoms with Gasteiger partial charge in [0.2, 0.25) is 0 Å². The Morgan fingerprint density at radius 3 is 2.44 bits per heavy atom. The Bertz CT molecular complexity index is 971. The summed E-state index contributed by atoms with van der Waals surface area (Å²) in [5.74, 6) is -0.599. The summed E-state index contributed by atoms with van der Waals surface area (Å²) in [7, 11) is 0. The minimum Gasteiger partial charge on any atom is -0.462 e. The minimum atomic E-state index is -0.637. The average Bonchev–Trinajstić information content (AvgIpc) is 2.60. The molecule has 0 amide bonds. The molecule has 6 heteroatoms. The maximum atomic E-state index is 12.5. The van der Waals surface area contributed by atoms with E-state index in [1.165, 1.54) is 0 Å². The Kier molecular flexibility index (Phi) is 5.02. The SMILES string of the molecule is CCOC(=O)c1c(Cl)nc2cccc(C(=O)Cl)c2c1-c1ccccc1. The van der Waals surface area contributed by atoms with Crippen molar-refractivity contribution in [2.45, 2.75) is 6.92 Å². The molecule has 0 spiro atoms. The summed E-state index contributed by atoms with van der Waals surface area (Å²) in [5, 5.41) is -0.146. The van der Waals surface area contributed by atoms with Gasteiger partial charge in [-0.25, -0.2) is 9.78 Å². The number of carbonyl (C=O) groups is 2. The monoisotopic (exact) mass is 373 g/mol. The number of hydrogen-bond acceptors (Lipinski definition) is 4. The average molecular weight is 374 g/mol. The lowest BCUT2D eigenvalue weighted by molar-refractivity contribution is 0.0527. The summed E-state index contributed by atoms with van der Waals surface area (Å²) < 4.78 is 5.14. The Morgan fingerprint density at radius 1 is 1.08 bits per heavy atom. The number of benzene rings is 2. The van der Waals surface area contributed by atoms with Crippen LogP contribution in [0.25, 0.3) is 22.0 Å². The van der Waals surface area contributed by atoms with E-state index in [4.69, 9.17) is 27.9 Å². The van der Waals surface area contributed by atoms with E-state index < -0.39 is 11.2 Å². The summed E-state index contributed by atoms with van der Waals surface area (Å²) in [6.45, 7) is 1.90. The van der Waals surface area contributed by atoms with Crippen molar-refractivity contribution in [3.05, 3.63) is 64.8 Å². The largest absolute Gasteiger partial charge is 0.462 e. The molecule has 0 aliphatic heterocycles. The molecule has 0 aliphatic rings. The van der Waals surface area contributed by atoms with E-state index in [1.807, 2.05) is 30.3 Å². The first kappa shape index (κ1) is 17.4. The molecule has 3 rings (SSSR count). The first-order valence-electron chi connectivity index (χ1n) is 7.59. The number of carbonyl (C=O) groups excluding carboxylic acids is 2. The van der Waals surface area contributed by atoms with Gasteiger partial charge >= 0.3 is 5.97 Å². The topological polar surface area (TPSA) is 56.3 Å².